The average molecular weight is 421 g/mol. The predicted molar refractivity (Wildman–Crippen MR) is 123 cm³/mol. The number of rotatable bonds is 7. The van der Waals surface area contributed by atoms with Crippen LogP contribution >= 0.6 is 0 Å². The molecule has 0 heterocycles. The molecule has 0 radical (unpaired) electrons. The maximum Gasteiger partial charge on any atom is 0.261 e. The minimum Gasteiger partial charge on any atom is -0.378 e. The van der Waals surface area contributed by atoms with E-state index < -0.39 is 10.0 Å². The lowest BCUT2D eigenvalue weighted by Crippen LogP contribution is -2.13. The number of carbonyl (C=O) groups is 1. The fourth-order valence-corrected chi connectivity index (χ4v) is 3.84. The summed E-state index contributed by atoms with van der Waals surface area (Å²) in [6.45, 7) is 1.90. The fourth-order valence-electron chi connectivity index (χ4n) is 2.79. The second-order valence-corrected chi connectivity index (χ2v) is 8.86. The Labute approximate surface area is 177 Å². The standard InChI is InChI=1S/C24H24N2O3S/c1-18-4-15-23(16-5-18)30(28,29)25-21-11-9-20(10-12-21)24(27)17-8-19-6-13-22(14-7-19)26(2)3/h4-17,25H,1-3H3. The lowest BCUT2D eigenvalue weighted by Gasteiger charge is -2.11. The lowest BCUT2D eigenvalue weighted by atomic mass is 10.1. The number of nitrogens with one attached hydrogen (secondary N) is 1. The Kier molecular flexibility index (Phi) is 6.37. The maximum absolute atomic E-state index is 12.5. The quantitative estimate of drug-likeness (QED) is 0.442. The van der Waals surface area contributed by atoms with Crippen molar-refractivity contribution in [2.75, 3.05) is 23.7 Å². The average Bonchev–Trinajstić information content (AvgIpc) is 2.73. The Morgan fingerprint density at radius 3 is 2.03 bits per heavy atom. The highest BCUT2D eigenvalue weighted by Gasteiger charge is 2.14. The summed E-state index contributed by atoms with van der Waals surface area (Å²) >= 11 is 0. The Balaban J connectivity index is 1.67. The zero-order valence-corrected chi connectivity index (χ0v) is 18.0. The van der Waals surface area contributed by atoms with E-state index in [9.17, 15) is 13.2 Å². The van der Waals surface area contributed by atoms with E-state index in [1.54, 1.807) is 54.6 Å². The molecule has 0 spiro atoms. The van der Waals surface area contributed by atoms with E-state index in [4.69, 9.17) is 0 Å². The first-order valence-electron chi connectivity index (χ1n) is 9.44. The van der Waals surface area contributed by atoms with Crippen molar-refractivity contribution in [3.63, 3.8) is 0 Å². The van der Waals surface area contributed by atoms with Crippen LogP contribution in [0.3, 0.4) is 0 Å². The van der Waals surface area contributed by atoms with Crippen molar-refractivity contribution < 1.29 is 13.2 Å². The molecule has 0 aliphatic heterocycles. The first-order valence-corrected chi connectivity index (χ1v) is 10.9. The summed E-state index contributed by atoms with van der Waals surface area (Å²) in [6.07, 6.45) is 3.27. The molecule has 1 N–H and O–H groups in total. The second kappa shape index (κ2) is 8.97. The molecule has 0 fully saturated rings. The third-order valence-corrected chi connectivity index (χ3v) is 5.99. The number of nitrogens with zero attached hydrogens (tertiary/aromatic N) is 1. The minimum atomic E-state index is -3.67. The van der Waals surface area contributed by atoms with E-state index in [0.717, 1.165) is 16.8 Å². The molecule has 0 aromatic heterocycles. The summed E-state index contributed by atoms with van der Waals surface area (Å²) in [4.78, 5) is 14.6. The maximum atomic E-state index is 12.5. The van der Waals surface area contributed by atoms with Crippen molar-refractivity contribution >= 4 is 33.3 Å². The summed E-state index contributed by atoms with van der Waals surface area (Å²) < 4.78 is 27.5. The van der Waals surface area contributed by atoms with Gasteiger partial charge >= 0.3 is 0 Å². The lowest BCUT2D eigenvalue weighted by molar-refractivity contribution is 0.104. The van der Waals surface area contributed by atoms with Crippen molar-refractivity contribution in [3.05, 3.63) is 95.6 Å². The third kappa shape index (κ3) is 5.36. The van der Waals surface area contributed by atoms with E-state index >= 15 is 0 Å². The van der Waals surface area contributed by atoms with E-state index in [-0.39, 0.29) is 10.7 Å². The van der Waals surface area contributed by atoms with E-state index in [0.29, 0.717) is 11.3 Å². The molecule has 0 saturated heterocycles. The molecule has 0 saturated carbocycles. The van der Waals surface area contributed by atoms with Crippen molar-refractivity contribution in [3.8, 4) is 0 Å². The largest absolute Gasteiger partial charge is 0.378 e. The molecule has 0 amide bonds. The highest BCUT2D eigenvalue weighted by molar-refractivity contribution is 7.92. The Hall–Kier alpha value is -3.38. The number of carbonyl (C=O) groups excluding carboxylic acids is 1. The van der Waals surface area contributed by atoms with E-state index in [1.165, 1.54) is 6.08 Å². The molecular weight excluding hydrogens is 396 g/mol. The number of hydrogen-bond donors (Lipinski definition) is 1. The molecule has 0 atom stereocenters. The van der Waals surface area contributed by atoms with Gasteiger partial charge in [0.05, 0.1) is 4.90 Å². The molecule has 0 unspecified atom stereocenters. The highest BCUT2D eigenvalue weighted by atomic mass is 32.2. The topological polar surface area (TPSA) is 66.5 Å². The predicted octanol–water partition coefficient (Wildman–Crippen LogP) is 4.76. The SMILES string of the molecule is Cc1ccc(S(=O)(=O)Nc2ccc(C(=O)C=Cc3ccc(N(C)C)cc3)cc2)cc1. The van der Waals surface area contributed by atoms with Crippen molar-refractivity contribution in [1.29, 1.82) is 0 Å². The molecule has 154 valence electrons. The summed E-state index contributed by atoms with van der Waals surface area (Å²) in [5.74, 6) is -0.153. The Morgan fingerprint density at radius 1 is 0.867 bits per heavy atom. The summed E-state index contributed by atoms with van der Waals surface area (Å²) in [7, 11) is 0.271. The van der Waals surface area contributed by atoms with Crippen LogP contribution in [0, 0.1) is 6.92 Å². The van der Waals surface area contributed by atoms with Crippen LogP contribution in [0.4, 0.5) is 11.4 Å². The molecule has 0 aliphatic rings. The van der Waals surface area contributed by atoms with Crippen LogP contribution in [-0.2, 0) is 10.0 Å². The smallest absolute Gasteiger partial charge is 0.261 e. The van der Waals surface area contributed by atoms with Gasteiger partial charge in [0.2, 0.25) is 0 Å². The summed E-state index contributed by atoms with van der Waals surface area (Å²) in [5, 5.41) is 0. The van der Waals surface area contributed by atoms with Crippen LogP contribution in [0.25, 0.3) is 6.08 Å². The second-order valence-electron chi connectivity index (χ2n) is 7.18. The number of sulfonamides is 1. The van der Waals surface area contributed by atoms with Gasteiger partial charge in [-0.3, -0.25) is 9.52 Å². The van der Waals surface area contributed by atoms with Gasteiger partial charge in [-0.05, 0) is 67.1 Å². The minimum absolute atomic E-state index is 0.153. The molecular formula is C24H24N2O3S. The van der Waals surface area contributed by atoms with Crippen molar-refractivity contribution in [2.45, 2.75) is 11.8 Å². The molecule has 3 aromatic rings. The highest BCUT2D eigenvalue weighted by Crippen LogP contribution is 2.18. The van der Waals surface area contributed by atoms with Crippen LogP contribution in [0.1, 0.15) is 21.5 Å². The summed E-state index contributed by atoms with van der Waals surface area (Å²) in [5.41, 5.74) is 3.88. The van der Waals surface area contributed by atoms with Crippen LogP contribution in [0.15, 0.2) is 83.8 Å². The zero-order chi connectivity index (χ0) is 21.7. The number of ketones is 1. The first-order chi connectivity index (χ1) is 14.2. The van der Waals surface area contributed by atoms with E-state index in [1.807, 2.05) is 50.2 Å². The van der Waals surface area contributed by atoms with Gasteiger partial charge < -0.3 is 4.90 Å². The fraction of sp³-hybridized carbons (Fsp3) is 0.125. The number of allylic oxidation sites excluding steroid dienone is 1. The zero-order valence-electron chi connectivity index (χ0n) is 17.2. The van der Waals surface area contributed by atoms with Gasteiger partial charge in [-0.25, -0.2) is 8.42 Å². The van der Waals surface area contributed by atoms with Crippen LogP contribution in [0.2, 0.25) is 0 Å². The van der Waals surface area contributed by atoms with Gasteiger partial charge in [0, 0.05) is 31.0 Å². The third-order valence-electron chi connectivity index (χ3n) is 4.59. The summed E-state index contributed by atoms with van der Waals surface area (Å²) in [6, 6.07) is 20.9. The van der Waals surface area contributed by atoms with Gasteiger partial charge in [-0.1, -0.05) is 35.9 Å². The number of hydrogen-bond acceptors (Lipinski definition) is 4. The number of anilines is 2. The van der Waals surface area contributed by atoms with Crippen molar-refractivity contribution in [2.24, 2.45) is 0 Å². The van der Waals surface area contributed by atoms with Gasteiger partial charge in [-0.2, -0.15) is 0 Å². The van der Waals surface area contributed by atoms with Gasteiger partial charge in [0.15, 0.2) is 5.78 Å². The van der Waals surface area contributed by atoms with Crippen LogP contribution in [-0.4, -0.2) is 28.3 Å². The molecule has 30 heavy (non-hydrogen) atoms. The van der Waals surface area contributed by atoms with Gasteiger partial charge in [0.1, 0.15) is 0 Å². The molecule has 6 heteroatoms. The van der Waals surface area contributed by atoms with E-state index in [2.05, 4.69) is 4.72 Å². The molecule has 3 aromatic carbocycles. The molecule has 3 rings (SSSR count). The van der Waals surface area contributed by atoms with Gasteiger partial charge in [0.25, 0.3) is 10.0 Å². The monoisotopic (exact) mass is 420 g/mol. The molecule has 0 aliphatic carbocycles. The van der Waals surface area contributed by atoms with Crippen LogP contribution < -0.4 is 9.62 Å². The van der Waals surface area contributed by atoms with Crippen LogP contribution in [0.5, 0.6) is 0 Å². The molecule has 0 bridgehead atoms. The first kappa shape index (κ1) is 21.3. The number of aryl methyl sites for hydroxylation is 1. The van der Waals surface area contributed by atoms with Crippen molar-refractivity contribution in [1.82, 2.24) is 0 Å². The van der Waals surface area contributed by atoms with Gasteiger partial charge in [-0.15, -0.1) is 0 Å². The molecule has 5 nitrogen and oxygen atoms in total. The Morgan fingerprint density at radius 2 is 1.47 bits per heavy atom. The normalized spacial score (nSPS) is 11.4. The number of benzene rings is 3. The Bertz CT molecular complexity index is 1150.